The predicted octanol–water partition coefficient (Wildman–Crippen LogP) is 5.75. The minimum Gasteiger partial charge on any atom is -0.399 e. The molecule has 0 saturated heterocycles. The molecule has 0 aliphatic carbocycles. The molecule has 0 bridgehead atoms. The number of thioether (sulfide) groups is 1. The molecular weight excluding hydrogens is 462 g/mol. The van der Waals surface area contributed by atoms with Crippen molar-refractivity contribution >= 4 is 58.6 Å². The summed E-state index contributed by atoms with van der Waals surface area (Å²) < 4.78 is 39.3. The van der Waals surface area contributed by atoms with E-state index in [0.717, 1.165) is 6.07 Å². The van der Waals surface area contributed by atoms with Crippen molar-refractivity contribution in [3.05, 3.63) is 32.9 Å². The van der Waals surface area contributed by atoms with Crippen molar-refractivity contribution in [2.24, 2.45) is 5.16 Å². The average molecular weight is 473 g/mol. The van der Waals surface area contributed by atoms with Gasteiger partial charge in [0.05, 0.1) is 33.5 Å². The number of anilines is 1. The molecule has 1 heterocycles. The fraction of sp³-hybridized carbons (Fsp3) is 0.267. The number of nitrogens with one attached hydrogen (secondary N) is 1. The lowest BCUT2D eigenvalue weighted by Crippen LogP contribution is -2.20. The van der Waals surface area contributed by atoms with E-state index >= 15 is 0 Å². The van der Waals surface area contributed by atoms with Crippen molar-refractivity contribution in [1.29, 1.82) is 5.26 Å². The number of nitriles is 1. The summed E-state index contributed by atoms with van der Waals surface area (Å²) in [6, 6.07) is 2.59. The summed E-state index contributed by atoms with van der Waals surface area (Å²) in [6.07, 6.45) is 2.68. The number of halogens is 6. The lowest BCUT2D eigenvalue weighted by Gasteiger charge is -2.17. The molecule has 0 spiro atoms. The van der Waals surface area contributed by atoms with Gasteiger partial charge >= 0.3 is 5.51 Å². The molecule has 0 aliphatic heterocycles. The minimum absolute atomic E-state index is 0.0275. The van der Waals surface area contributed by atoms with Crippen molar-refractivity contribution in [2.45, 2.75) is 23.4 Å². The Bertz CT molecular complexity index is 942. The van der Waals surface area contributed by atoms with E-state index in [0.29, 0.717) is 0 Å². The Morgan fingerprint density at radius 2 is 2.07 bits per heavy atom. The maximum Gasteiger partial charge on any atom is 0.446 e. The molecule has 0 fully saturated rings. The number of aromatic nitrogens is 2. The number of hydrogen-bond acceptors (Lipinski definition) is 6. The highest BCUT2D eigenvalue weighted by molar-refractivity contribution is 8.00. The van der Waals surface area contributed by atoms with Crippen molar-refractivity contribution in [1.82, 2.24) is 9.78 Å². The van der Waals surface area contributed by atoms with Crippen LogP contribution in [0.1, 0.15) is 12.5 Å². The van der Waals surface area contributed by atoms with Gasteiger partial charge in [-0.15, -0.1) is 0 Å². The Hall–Kier alpha value is -1.80. The lowest BCUT2D eigenvalue weighted by atomic mass is 10.3. The Morgan fingerprint density at radius 1 is 1.39 bits per heavy atom. The van der Waals surface area contributed by atoms with Crippen molar-refractivity contribution in [3.8, 4) is 11.8 Å². The second kappa shape index (κ2) is 9.13. The van der Waals surface area contributed by atoms with Crippen LogP contribution in [0.25, 0.3) is 5.69 Å². The van der Waals surface area contributed by atoms with Gasteiger partial charge in [0.15, 0.2) is 0 Å². The number of oxime groups is 1. The quantitative estimate of drug-likeness (QED) is 0.251. The second-order valence-corrected chi connectivity index (χ2v) is 7.45. The summed E-state index contributed by atoms with van der Waals surface area (Å²) in [4.78, 5) is 4.25. The first-order valence-corrected chi connectivity index (χ1v) is 9.29. The third kappa shape index (κ3) is 5.17. The highest BCUT2D eigenvalue weighted by Crippen LogP contribution is 2.47. The highest BCUT2D eigenvalue weighted by atomic mass is 35.5. The molecule has 1 aromatic carbocycles. The SMILES string of the molecule is CON=CC(C)Nc1c(C#N)cnn1-c1c(Cl)cc(SC(F)(F)F)c(Cl)c1Cl. The zero-order valence-electron chi connectivity index (χ0n) is 14.2. The van der Waals surface area contributed by atoms with Gasteiger partial charge in [-0.05, 0) is 24.8 Å². The van der Waals surface area contributed by atoms with Gasteiger partial charge in [0, 0.05) is 4.90 Å². The first-order chi connectivity index (χ1) is 13.1. The molecule has 2 aromatic rings. The first kappa shape index (κ1) is 22.5. The van der Waals surface area contributed by atoms with Crippen LogP contribution in [0.15, 0.2) is 22.3 Å². The number of rotatable bonds is 6. The van der Waals surface area contributed by atoms with Crippen LogP contribution in [-0.2, 0) is 4.84 Å². The van der Waals surface area contributed by atoms with Gasteiger partial charge in [0.25, 0.3) is 0 Å². The molecular formula is C15H11Cl3F3N5OS. The maximum atomic E-state index is 12.7. The van der Waals surface area contributed by atoms with Crippen molar-refractivity contribution in [3.63, 3.8) is 0 Å². The molecule has 1 unspecified atom stereocenters. The van der Waals surface area contributed by atoms with E-state index in [1.807, 2.05) is 6.07 Å². The molecule has 0 aliphatic rings. The monoisotopic (exact) mass is 471 g/mol. The molecule has 0 amide bonds. The van der Waals surface area contributed by atoms with Crippen LogP contribution in [0, 0.1) is 11.3 Å². The summed E-state index contributed by atoms with van der Waals surface area (Å²) in [5.41, 5.74) is -4.39. The van der Waals surface area contributed by atoms with E-state index in [-0.39, 0.29) is 37.0 Å². The van der Waals surface area contributed by atoms with Gasteiger partial charge in [-0.25, -0.2) is 4.68 Å². The molecule has 1 atom stereocenters. The Morgan fingerprint density at radius 3 is 2.64 bits per heavy atom. The smallest absolute Gasteiger partial charge is 0.399 e. The standard InChI is InChI=1S/C15H11Cl3F3N5OS/c1-7(5-24-27-2)25-14-8(4-22)6-23-26(14)13-9(16)3-10(11(17)12(13)18)28-15(19,20)21/h3,5-7,25H,1-2H3. The van der Waals surface area contributed by atoms with Gasteiger partial charge in [-0.3, -0.25) is 0 Å². The van der Waals surface area contributed by atoms with Gasteiger partial charge < -0.3 is 10.2 Å². The van der Waals surface area contributed by atoms with E-state index in [4.69, 9.17) is 34.8 Å². The third-order valence-corrected chi connectivity index (χ3v) is 5.21. The fourth-order valence-corrected chi connectivity index (χ4v) is 3.71. The van der Waals surface area contributed by atoms with E-state index in [1.54, 1.807) is 6.92 Å². The molecule has 1 aromatic heterocycles. The van der Waals surface area contributed by atoms with Crippen LogP contribution in [-0.4, -0.2) is 34.7 Å². The zero-order valence-corrected chi connectivity index (χ0v) is 17.3. The molecule has 6 nitrogen and oxygen atoms in total. The van der Waals surface area contributed by atoms with Crippen LogP contribution < -0.4 is 5.32 Å². The summed E-state index contributed by atoms with van der Waals surface area (Å²) in [5.74, 6) is 0.202. The molecule has 28 heavy (non-hydrogen) atoms. The minimum atomic E-state index is -4.57. The van der Waals surface area contributed by atoms with E-state index in [1.165, 1.54) is 24.2 Å². The summed E-state index contributed by atoms with van der Waals surface area (Å²) >= 11 is 18.0. The molecule has 1 N–H and O–H groups in total. The molecule has 0 saturated carbocycles. The molecule has 13 heteroatoms. The van der Waals surface area contributed by atoms with Gasteiger partial charge in [0.2, 0.25) is 0 Å². The largest absolute Gasteiger partial charge is 0.446 e. The summed E-state index contributed by atoms with van der Waals surface area (Å²) in [6.45, 7) is 1.72. The number of alkyl halides is 3. The van der Waals surface area contributed by atoms with Crippen molar-refractivity contribution < 1.29 is 18.0 Å². The number of nitrogens with zero attached hydrogens (tertiary/aromatic N) is 4. The topological polar surface area (TPSA) is 75.2 Å². The summed E-state index contributed by atoms with van der Waals surface area (Å²) in [5, 5.41) is 19.3. The second-order valence-electron chi connectivity index (χ2n) is 5.18. The van der Waals surface area contributed by atoms with Gasteiger partial charge in [-0.1, -0.05) is 40.0 Å². The third-order valence-electron chi connectivity index (χ3n) is 3.18. The molecule has 2 rings (SSSR count). The predicted molar refractivity (Wildman–Crippen MR) is 104 cm³/mol. The zero-order chi connectivity index (χ0) is 21.1. The first-order valence-electron chi connectivity index (χ1n) is 7.34. The van der Waals surface area contributed by atoms with Crippen LogP contribution >= 0.6 is 46.6 Å². The van der Waals surface area contributed by atoms with Crippen LogP contribution in [0.2, 0.25) is 15.1 Å². The average Bonchev–Trinajstić information content (AvgIpc) is 2.99. The van der Waals surface area contributed by atoms with Crippen molar-refractivity contribution in [2.75, 3.05) is 12.4 Å². The van der Waals surface area contributed by atoms with Crippen LogP contribution in [0.4, 0.5) is 19.0 Å². The van der Waals surface area contributed by atoms with E-state index in [2.05, 4.69) is 20.4 Å². The van der Waals surface area contributed by atoms with E-state index in [9.17, 15) is 18.4 Å². The number of hydrogen-bond donors (Lipinski definition) is 1. The number of benzene rings is 1. The Labute approximate surface area is 177 Å². The highest BCUT2D eigenvalue weighted by Gasteiger charge is 2.32. The van der Waals surface area contributed by atoms with Crippen LogP contribution in [0.5, 0.6) is 0 Å². The summed E-state index contributed by atoms with van der Waals surface area (Å²) in [7, 11) is 1.37. The van der Waals surface area contributed by atoms with Gasteiger partial charge in [0.1, 0.15) is 30.2 Å². The van der Waals surface area contributed by atoms with Crippen LogP contribution in [0.3, 0.4) is 0 Å². The maximum absolute atomic E-state index is 12.7. The van der Waals surface area contributed by atoms with Gasteiger partial charge in [-0.2, -0.15) is 23.5 Å². The van der Waals surface area contributed by atoms with E-state index < -0.39 is 23.3 Å². The lowest BCUT2D eigenvalue weighted by molar-refractivity contribution is -0.0328. The Kier molecular flexibility index (Phi) is 7.33. The Balaban J connectivity index is 2.57. The normalized spacial score (nSPS) is 12.8. The fourth-order valence-electron chi connectivity index (χ4n) is 2.10. The molecule has 0 radical (unpaired) electrons. The molecule has 150 valence electrons.